The Hall–Kier alpha value is -1.60. The Morgan fingerprint density at radius 3 is 2.47 bits per heavy atom. The van der Waals surface area contributed by atoms with Gasteiger partial charge in [0.25, 0.3) is 5.69 Å². The molecular weight excluding hydrogens is 268 g/mol. The predicted molar refractivity (Wildman–Crippen MR) is 75.3 cm³/mol. The standard InChI is InChI=1S/C12H16N2O4S/c1-8(15)9(2)19-7-12(16)13-10-3-5-11(6-4-10)14(17)18/h3-6,8-9,15H,7H2,1-2H3,(H,13,16). The number of amides is 1. The Morgan fingerprint density at radius 1 is 1.42 bits per heavy atom. The maximum Gasteiger partial charge on any atom is 0.269 e. The first-order valence-electron chi connectivity index (χ1n) is 5.74. The molecule has 0 heterocycles. The molecule has 1 rings (SSSR count). The monoisotopic (exact) mass is 284 g/mol. The molecule has 2 atom stereocenters. The predicted octanol–water partition coefficient (Wildman–Crippen LogP) is 2.04. The smallest absolute Gasteiger partial charge is 0.269 e. The van der Waals surface area contributed by atoms with E-state index in [1.807, 2.05) is 6.92 Å². The fourth-order valence-electron chi connectivity index (χ4n) is 1.21. The number of aliphatic hydroxyl groups is 1. The summed E-state index contributed by atoms with van der Waals surface area (Å²) in [5, 5.41) is 22.4. The van der Waals surface area contributed by atoms with Gasteiger partial charge in [-0.2, -0.15) is 0 Å². The number of thioether (sulfide) groups is 1. The number of anilines is 1. The summed E-state index contributed by atoms with van der Waals surface area (Å²) in [6.07, 6.45) is -0.475. The van der Waals surface area contributed by atoms with Crippen molar-refractivity contribution in [3.05, 3.63) is 34.4 Å². The number of carbonyl (C=O) groups excluding carboxylic acids is 1. The molecule has 7 heteroatoms. The minimum Gasteiger partial charge on any atom is -0.392 e. The van der Waals surface area contributed by atoms with Gasteiger partial charge in [-0.1, -0.05) is 6.92 Å². The van der Waals surface area contributed by atoms with Crippen LogP contribution in [0.25, 0.3) is 0 Å². The van der Waals surface area contributed by atoms with Gasteiger partial charge in [-0.05, 0) is 19.1 Å². The van der Waals surface area contributed by atoms with Crippen molar-refractivity contribution in [1.82, 2.24) is 0 Å². The molecule has 0 spiro atoms. The molecule has 0 aromatic heterocycles. The van der Waals surface area contributed by atoms with Crippen LogP contribution in [0.1, 0.15) is 13.8 Å². The summed E-state index contributed by atoms with van der Waals surface area (Å²) in [6, 6.07) is 5.64. The fourth-order valence-corrected chi connectivity index (χ4v) is 1.97. The van der Waals surface area contributed by atoms with E-state index < -0.39 is 11.0 Å². The average Bonchev–Trinajstić information content (AvgIpc) is 2.36. The lowest BCUT2D eigenvalue weighted by Gasteiger charge is -2.13. The average molecular weight is 284 g/mol. The van der Waals surface area contributed by atoms with Crippen molar-refractivity contribution in [2.75, 3.05) is 11.1 Å². The van der Waals surface area contributed by atoms with Gasteiger partial charge in [-0.25, -0.2) is 0 Å². The van der Waals surface area contributed by atoms with Gasteiger partial charge in [0, 0.05) is 23.1 Å². The Bertz CT molecular complexity index is 448. The summed E-state index contributed by atoms with van der Waals surface area (Å²) >= 11 is 1.35. The molecule has 104 valence electrons. The lowest BCUT2D eigenvalue weighted by molar-refractivity contribution is -0.384. The summed E-state index contributed by atoms with van der Waals surface area (Å²) < 4.78 is 0. The van der Waals surface area contributed by atoms with Crippen LogP contribution in [0.3, 0.4) is 0 Å². The lowest BCUT2D eigenvalue weighted by atomic mass is 10.3. The number of non-ortho nitro benzene ring substituents is 1. The molecule has 0 bridgehead atoms. The second-order valence-corrected chi connectivity index (χ2v) is 5.47. The van der Waals surface area contributed by atoms with Gasteiger partial charge in [0.15, 0.2) is 0 Å². The highest BCUT2D eigenvalue weighted by Crippen LogP contribution is 2.17. The van der Waals surface area contributed by atoms with Crippen LogP contribution in [-0.2, 0) is 4.79 Å². The number of nitro benzene ring substituents is 1. The quantitative estimate of drug-likeness (QED) is 0.616. The molecule has 2 unspecified atom stereocenters. The van der Waals surface area contributed by atoms with Crippen LogP contribution in [-0.4, -0.2) is 33.0 Å². The van der Waals surface area contributed by atoms with E-state index in [0.29, 0.717) is 5.69 Å². The molecule has 19 heavy (non-hydrogen) atoms. The number of benzene rings is 1. The number of nitrogens with one attached hydrogen (secondary N) is 1. The van der Waals surface area contributed by atoms with Gasteiger partial charge < -0.3 is 10.4 Å². The van der Waals surface area contributed by atoms with Gasteiger partial charge in [-0.3, -0.25) is 14.9 Å². The number of carbonyl (C=O) groups is 1. The zero-order valence-corrected chi connectivity index (χ0v) is 11.5. The van der Waals surface area contributed by atoms with Crippen LogP contribution in [0, 0.1) is 10.1 Å². The summed E-state index contributed by atoms with van der Waals surface area (Å²) in [5.41, 5.74) is 0.496. The van der Waals surface area contributed by atoms with E-state index in [0.717, 1.165) is 0 Å². The number of nitrogens with zero attached hydrogens (tertiary/aromatic N) is 1. The molecule has 1 aromatic carbocycles. The van der Waals surface area contributed by atoms with E-state index in [1.165, 1.54) is 36.0 Å². The second-order valence-electron chi connectivity index (χ2n) is 4.11. The first-order chi connectivity index (χ1) is 8.90. The minimum atomic E-state index is -0.494. The van der Waals surface area contributed by atoms with Crippen LogP contribution >= 0.6 is 11.8 Å². The number of nitro groups is 1. The van der Waals surface area contributed by atoms with Crippen LogP contribution < -0.4 is 5.32 Å². The van der Waals surface area contributed by atoms with Crippen LogP contribution in [0.4, 0.5) is 11.4 Å². The molecule has 0 aliphatic heterocycles. The van der Waals surface area contributed by atoms with Crippen LogP contribution in [0.15, 0.2) is 24.3 Å². The van der Waals surface area contributed by atoms with Crippen molar-refractivity contribution in [2.45, 2.75) is 25.2 Å². The number of hydrogen-bond donors (Lipinski definition) is 2. The molecule has 0 saturated heterocycles. The topological polar surface area (TPSA) is 92.5 Å². The minimum absolute atomic E-state index is 0.0184. The van der Waals surface area contributed by atoms with Gasteiger partial charge in [-0.15, -0.1) is 11.8 Å². The second kappa shape index (κ2) is 7.10. The zero-order chi connectivity index (χ0) is 14.4. The van der Waals surface area contributed by atoms with E-state index >= 15 is 0 Å². The molecule has 2 N–H and O–H groups in total. The Morgan fingerprint density at radius 2 is 2.00 bits per heavy atom. The molecule has 0 radical (unpaired) electrons. The van der Waals surface area contributed by atoms with Crippen molar-refractivity contribution in [3.8, 4) is 0 Å². The first-order valence-corrected chi connectivity index (χ1v) is 6.79. The van der Waals surface area contributed by atoms with Gasteiger partial charge in [0.05, 0.1) is 16.8 Å². The molecule has 0 aliphatic carbocycles. The normalized spacial score (nSPS) is 13.6. The van der Waals surface area contributed by atoms with E-state index in [2.05, 4.69) is 5.32 Å². The SMILES string of the molecule is CC(O)C(C)SCC(=O)Nc1ccc([N+](=O)[O-])cc1. The molecule has 1 aromatic rings. The summed E-state index contributed by atoms with van der Waals surface area (Å²) in [4.78, 5) is 21.6. The highest BCUT2D eigenvalue weighted by molar-refractivity contribution is 8.00. The van der Waals surface area contributed by atoms with Crippen molar-refractivity contribution < 1.29 is 14.8 Å². The molecule has 0 aliphatic rings. The van der Waals surface area contributed by atoms with E-state index in [4.69, 9.17) is 0 Å². The molecule has 6 nitrogen and oxygen atoms in total. The highest BCUT2D eigenvalue weighted by atomic mass is 32.2. The lowest BCUT2D eigenvalue weighted by Crippen LogP contribution is -2.20. The summed E-state index contributed by atoms with van der Waals surface area (Å²) in [5.74, 6) is 0.0228. The maximum absolute atomic E-state index is 11.6. The largest absolute Gasteiger partial charge is 0.392 e. The maximum atomic E-state index is 11.6. The van der Waals surface area contributed by atoms with E-state index in [-0.39, 0.29) is 22.6 Å². The van der Waals surface area contributed by atoms with Crippen molar-refractivity contribution in [2.24, 2.45) is 0 Å². The number of aliphatic hydroxyl groups excluding tert-OH is 1. The van der Waals surface area contributed by atoms with Crippen molar-refractivity contribution in [3.63, 3.8) is 0 Å². The molecule has 0 saturated carbocycles. The first kappa shape index (κ1) is 15.5. The third kappa shape index (κ3) is 5.27. The third-order valence-corrected chi connectivity index (χ3v) is 3.87. The zero-order valence-electron chi connectivity index (χ0n) is 10.7. The van der Waals surface area contributed by atoms with E-state index in [9.17, 15) is 20.0 Å². The Kier molecular flexibility index (Phi) is 5.78. The van der Waals surface area contributed by atoms with Gasteiger partial charge in [0.2, 0.25) is 5.91 Å². The van der Waals surface area contributed by atoms with Crippen LogP contribution in [0.5, 0.6) is 0 Å². The Balaban J connectivity index is 2.46. The Labute approximate surface area is 115 Å². The molecule has 0 fully saturated rings. The fraction of sp³-hybridized carbons (Fsp3) is 0.417. The van der Waals surface area contributed by atoms with Crippen LogP contribution in [0.2, 0.25) is 0 Å². The van der Waals surface area contributed by atoms with E-state index in [1.54, 1.807) is 6.92 Å². The molecular formula is C12H16N2O4S. The summed E-state index contributed by atoms with van der Waals surface area (Å²) in [6.45, 7) is 3.51. The number of rotatable bonds is 6. The molecule has 1 amide bonds. The van der Waals surface area contributed by atoms with Gasteiger partial charge in [0.1, 0.15) is 0 Å². The van der Waals surface area contributed by atoms with Crippen molar-refractivity contribution >= 4 is 29.0 Å². The third-order valence-electron chi connectivity index (χ3n) is 2.52. The number of hydrogen-bond acceptors (Lipinski definition) is 5. The summed E-state index contributed by atoms with van der Waals surface area (Å²) in [7, 11) is 0. The van der Waals surface area contributed by atoms with Gasteiger partial charge >= 0.3 is 0 Å². The highest BCUT2D eigenvalue weighted by Gasteiger charge is 2.12. The van der Waals surface area contributed by atoms with Crippen molar-refractivity contribution in [1.29, 1.82) is 0 Å².